The number of hydrogen-bond donors (Lipinski definition) is 1. The summed E-state index contributed by atoms with van der Waals surface area (Å²) < 4.78 is 7.44. The Morgan fingerprint density at radius 2 is 2.15 bits per heavy atom. The third-order valence-electron chi connectivity index (χ3n) is 3.87. The van der Waals surface area contributed by atoms with Gasteiger partial charge in [-0.3, -0.25) is 4.79 Å². The molecule has 1 N–H and O–H groups in total. The molecular weight excluding hydrogens is 254 g/mol. The molecule has 1 unspecified atom stereocenters. The van der Waals surface area contributed by atoms with Crippen LogP contribution in [0.1, 0.15) is 57.7 Å². The van der Waals surface area contributed by atoms with Crippen molar-refractivity contribution in [3.63, 3.8) is 0 Å². The van der Waals surface area contributed by atoms with Crippen LogP contribution in [-0.4, -0.2) is 22.4 Å². The summed E-state index contributed by atoms with van der Waals surface area (Å²) in [7, 11) is 0. The zero-order valence-corrected chi connectivity index (χ0v) is 12.8. The first-order valence-corrected chi connectivity index (χ1v) is 7.39. The minimum atomic E-state index is -1.12. The lowest BCUT2D eigenvalue weighted by molar-refractivity contribution is 0.0740. The molecule has 0 radical (unpaired) electrons. The quantitative estimate of drug-likeness (QED) is 0.920. The summed E-state index contributed by atoms with van der Waals surface area (Å²) in [6.07, 6.45) is 2.17. The second-order valence-corrected chi connectivity index (χ2v) is 6.44. The van der Waals surface area contributed by atoms with E-state index in [1.54, 1.807) is 24.5 Å². The van der Waals surface area contributed by atoms with E-state index in [-0.39, 0.29) is 17.6 Å². The summed E-state index contributed by atoms with van der Waals surface area (Å²) in [4.78, 5) is 12.7. The van der Waals surface area contributed by atoms with E-state index in [9.17, 15) is 9.90 Å². The zero-order valence-electron chi connectivity index (χ0n) is 12.8. The number of hydrogen-bond acceptors (Lipinski definition) is 3. The van der Waals surface area contributed by atoms with Crippen LogP contribution in [0.25, 0.3) is 0 Å². The van der Waals surface area contributed by atoms with Gasteiger partial charge in [-0.1, -0.05) is 13.8 Å². The number of aromatic nitrogens is 1. The maximum Gasteiger partial charge on any atom is 0.256 e. The van der Waals surface area contributed by atoms with Gasteiger partial charge in [0, 0.05) is 17.9 Å². The molecule has 0 aromatic carbocycles. The van der Waals surface area contributed by atoms with E-state index >= 15 is 0 Å². The number of pyridine rings is 1. The highest BCUT2D eigenvalue weighted by Gasteiger charge is 2.25. The van der Waals surface area contributed by atoms with Gasteiger partial charge in [0.2, 0.25) is 0 Å². The summed E-state index contributed by atoms with van der Waals surface area (Å²) in [5.74, 6) is 0.264. The SMILES string of the molecule is CC(C)c1ccc(C(C)(C)O)c(=O)n1CC1CCCO1. The average Bonchev–Trinajstić information content (AvgIpc) is 2.82. The Balaban J connectivity index is 2.46. The van der Waals surface area contributed by atoms with Gasteiger partial charge < -0.3 is 14.4 Å². The minimum Gasteiger partial charge on any atom is -0.386 e. The third kappa shape index (κ3) is 3.13. The van der Waals surface area contributed by atoms with Crippen molar-refractivity contribution in [2.75, 3.05) is 6.61 Å². The molecule has 1 saturated heterocycles. The van der Waals surface area contributed by atoms with Gasteiger partial charge >= 0.3 is 0 Å². The molecule has 1 aromatic rings. The Morgan fingerprint density at radius 3 is 2.65 bits per heavy atom. The predicted molar refractivity (Wildman–Crippen MR) is 79.0 cm³/mol. The van der Waals surface area contributed by atoms with Crippen LogP contribution in [0, 0.1) is 0 Å². The Hall–Kier alpha value is -1.13. The summed E-state index contributed by atoms with van der Waals surface area (Å²) >= 11 is 0. The van der Waals surface area contributed by atoms with Crippen LogP contribution in [0.2, 0.25) is 0 Å². The minimum absolute atomic E-state index is 0.0980. The molecule has 0 amide bonds. The normalized spacial score (nSPS) is 19.8. The molecule has 1 aliphatic heterocycles. The van der Waals surface area contributed by atoms with E-state index < -0.39 is 5.60 Å². The largest absolute Gasteiger partial charge is 0.386 e. The van der Waals surface area contributed by atoms with E-state index in [0.717, 1.165) is 25.1 Å². The molecule has 112 valence electrons. The molecule has 0 spiro atoms. The van der Waals surface area contributed by atoms with Crippen molar-refractivity contribution < 1.29 is 9.84 Å². The van der Waals surface area contributed by atoms with Crippen LogP contribution in [0.4, 0.5) is 0 Å². The van der Waals surface area contributed by atoms with E-state index in [1.165, 1.54) is 0 Å². The highest BCUT2D eigenvalue weighted by Crippen LogP contribution is 2.21. The number of rotatable bonds is 4. The van der Waals surface area contributed by atoms with Crippen molar-refractivity contribution in [1.82, 2.24) is 4.57 Å². The van der Waals surface area contributed by atoms with Crippen molar-refractivity contribution in [2.45, 2.75) is 64.7 Å². The Morgan fingerprint density at radius 1 is 1.45 bits per heavy atom. The molecule has 0 saturated carbocycles. The smallest absolute Gasteiger partial charge is 0.256 e. The summed E-state index contributed by atoms with van der Waals surface area (Å²) in [6.45, 7) is 8.80. The molecule has 1 fully saturated rings. The summed E-state index contributed by atoms with van der Waals surface area (Å²) in [6, 6.07) is 3.71. The third-order valence-corrected chi connectivity index (χ3v) is 3.87. The lowest BCUT2D eigenvalue weighted by Crippen LogP contribution is -2.36. The number of nitrogens with zero attached hydrogens (tertiary/aromatic N) is 1. The van der Waals surface area contributed by atoms with Crippen LogP contribution < -0.4 is 5.56 Å². The molecule has 1 aromatic heterocycles. The highest BCUT2D eigenvalue weighted by atomic mass is 16.5. The molecule has 20 heavy (non-hydrogen) atoms. The van der Waals surface area contributed by atoms with E-state index in [4.69, 9.17) is 4.74 Å². The van der Waals surface area contributed by atoms with Crippen molar-refractivity contribution >= 4 is 0 Å². The van der Waals surface area contributed by atoms with Gasteiger partial charge in [0.25, 0.3) is 5.56 Å². The molecule has 1 aliphatic rings. The number of aliphatic hydroxyl groups is 1. The molecule has 0 aliphatic carbocycles. The molecule has 4 nitrogen and oxygen atoms in total. The fourth-order valence-corrected chi connectivity index (χ4v) is 2.74. The van der Waals surface area contributed by atoms with Crippen LogP contribution in [0.5, 0.6) is 0 Å². The number of ether oxygens (including phenoxy) is 1. The zero-order chi connectivity index (χ0) is 14.9. The van der Waals surface area contributed by atoms with Gasteiger partial charge in [-0.2, -0.15) is 0 Å². The van der Waals surface area contributed by atoms with Gasteiger partial charge in [-0.05, 0) is 44.7 Å². The fourth-order valence-electron chi connectivity index (χ4n) is 2.74. The van der Waals surface area contributed by atoms with Crippen molar-refractivity contribution in [3.8, 4) is 0 Å². The molecule has 2 heterocycles. The predicted octanol–water partition coefficient (Wildman–Crippen LogP) is 2.38. The maximum atomic E-state index is 12.7. The van der Waals surface area contributed by atoms with E-state index in [1.807, 2.05) is 6.07 Å². The van der Waals surface area contributed by atoms with Crippen molar-refractivity contribution in [1.29, 1.82) is 0 Å². The Bertz CT molecular complexity index is 520. The van der Waals surface area contributed by atoms with Gasteiger partial charge in [-0.25, -0.2) is 0 Å². The lowest BCUT2D eigenvalue weighted by Gasteiger charge is -2.23. The van der Waals surface area contributed by atoms with Crippen LogP contribution >= 0.6 is 0 Å². The highest BCUT2D eigenvalue weighted by molar-refractivity contribution is 5.23. The topological polar surface area (TPSA) is 51.5 Å². The van der Waals surface area contributed by atoms with Crippen molar-refractivity contribution in [2.24, 2.45) is 0 Å². The van der Waals surface area contributed by atoms with Crippen molar-refractivity contribution in [3.05, 3.63) is 33.7 Å². The van der Waals surface area contributed by atoms with Gasteiger partial charge in [0.1, 0.15) is 0 Å². The Kier molecular flexibility index (Phi) is 4.35. The average molecular weight is 279 g/mol. The molecule has 2 rings (SSSR count). The first kappa shape index (κ1) is 15.3. The van der Waals surface area contributed by atoms with Crippen LogP contribution in [0.15, 0.2) is 16.9 Å². The van der Waals surface area contributed by atoms with E-state index in [0.29, 0.717) is 12.1 Å². The second-order valence-electron chi connectivity index (χ2n) is 6.44. The summed E-state index contributed by atoms with van der Waals surface area (Å²) in [5.41, 5.74) is 0.225. The maximum absolute atomic E-state index is 12.7. The van der Waals surface area contributed by atoms with Gasteiger partial charge in [-0.15, -0.1) is 0 Å². The Labute approximate surface area is 120 Å². The van der Waals surface area contributed by atoms with E-state index in [2.05, 4.69) is 13.8 Å². The van der Waals surface area contributed by atoms with Crippen LogP contribution in [0.3, 0.4) is 0 Å². The van der Waals surface area contributed by atoms with Gasteiger partial charge in [0.05, 0.1) is 18.2 Å². The van der Waals surface area contributed by atoms with Crippen LogP contribution in [-0.2, 0) is 16.9 Å². The molecule has 0 bridgehead atoms. The molecule has 4 heteroatoms. The van der Waals surface area contributed by atoms with Gasteiger partial charge in [0.15, 0.2) is 0 Å². The first-order chi connectivity index (χ1) is 9.30. The molecular formula is C16H25NO3. The first-order valence-electron chi connectivity index (χ1n) is 7.39. The standard InChI is InChI=1S/C16H25NO3/c1-11(2)14-8-7-13(16(3,4)19)15(18)17(14)10-12-6-5-9-20-12/h7-8,11-12,19H,5-6,9-10H2,1-4H3. The fraction of sp³-hybridized carbons (Fsp3) is 0.688. The summed E-state index contributed by atoms with van der Waals surface area (Å²) in [5, 5.41) is 10.1. The second kappa shape index (κ2) is 5.70. The monoisotopic (exact) mass is 279 g/mol. The lowest BCUT2D eigenvalue weighted by atomic mass is 9.98. The molecule has 1 atom stereocenters.